The third kappa shape index (κ3) is 5.00. The van der Waals surface area contributed by atoms with Gasteiger partial charge >= 0.3 is 0 Å². The highest BCUT2D eigenvalue weighted by molar-refractivity contribution is 5.89. The van der Waals surface area contributed by atoms with Crippen LogP contribution in [0.2, 0.25) is 0 Å². The van der Waals surface area contributed by atoms with Gasteiger partial charge in [-0.2, -0.15) is 0 Å². The first-order valence-corrected chi connectivity index (χ1v) is 9.41. The fourth-order valence-electron chi connectivity index (χ4n) is 3.48. The molecule has 0 saturated carbocycles. The van der Waals surface area contributed by atoms with E-state index in [1.165, 1.54) is 0 Å². The normalized spacial score (nSPS) is 18.8. The molecular formula is C18H28N6O3. The van der Waals surface area contributed by atoms with Crippen molar-refractivity contribution in [3.05, 3.63) is 23.7 Å². The van der Waals surface area contributed by atoms with E-state index in [0.717, 1.165) is 58.1 Å². The Kier molecular flexibility index (Phi) is 6.33. The molecule has 2 aliphatic heterocycles. The van der Waals surface area contributed by atoms with Gasteiger partial charge in [-0.15, -0.1) is 0 Å². The minimum absolute atomic E-state index is 0.151. The molecule has 0 radical (unpaired) electrons. The van der Waals surface area contributed by atoms with Gasteiger partial charge in [0.2, 0.25) is 5.91 Å². The van der Waals surface area contributed by atoms with Gasteiger partial charge in [-0.05, 0) is 25.0 Å². The molecule has 1 aromatic rings. The van der Waals surface area contributed by atoms with Crippen molar-refractivity contribution in [1.82, 2.24) is 20.0 Å². The van der Waals surface area contributed by atoms with Gasteiger partial charge in [0.1, 0.15) is 5.76 Å². The van der Waals surface area contributed by atoms with Crippen LogP contribution in [-0.4, -0.2) is 85.3 Å². The molecule has 2 saturated heterocycles. The molecule has 148 valence electrons. The largest absolute Gasteiger partial charge is 0.454 e. The van der Waals surface area contributed by atoms with Crippen molar-refractivity contribution < 1.29 is 14.0 Å². The predicted molar refractivity (Wildman–Crippen MR) is 101 cm³/mol. The Balaban J connectivity index is 1.44. The van der Waals surface area contributed by atoms with E-state index in [9.17, 15) is 9.59 Å². The number of guanidine groups is 1. The second-order valence-corrected chi connectivity index (χ2v) is 6.88. The van der Waals surface area contributed by atoms with Crippen molar-refractivity contribution in [3.63, 3.8) is 0 Å². The summed E-state index contributed by atoms with van der Waals surface area (Å²) in [7, 11) is 1.74. The molecule has 0 atom stereocenters. The average Bonchev–Trinajstić information content (AvgIpc) is 3.35. The number of carbonyl (C=O) groups excluding carboxylic acids is 2. The van der Waals surface area contributed by atoms with Crippen LogP contribution >= 0.6 is 0 Å². The van der Waals surface area contributed by atoms with Gasteiger partial charge in [0.25, 0.3) is 5.91 Å². The monoisotopic (exact) mass is 376 g/mol. The SMILES string of the molecule is CN=C(NCc1ccc(C(N)=O)o1)N1CCN(CC(=O)N2CCCC2)CC1. The average molecular weight is 376 g/mol. The quantitative estimate of drug-likeness (QED) is 0.539. The van der Waals surface area contributed by atoms with E-state index >= 15 is 0 Å². The molecule has 9 heteroatoms. The number of piperazine rings is 1. The lowest BCUT2D eigenvalue weighted by Gasteiger charge is -2.36. The molecule has 27 heavy (non-hydrogen) atoms. The summed E-state index contributed by atoms with van der Waals surface area (Å²) in [6.07, 6.45) is 2.25. The Morgan fingerprint density at radius 1 is 1.11 bits per heavy atom. The van der Waals surface area contributed by atoms with Crippen molar-refractivity contribution in [2.75, 3.05) is 52.9 Å². The lowest BCUT2D eigenvalue weighted by molar-refractivity contribution is -0.131. The smallest absolute Gasteiger partial charge is 0.284 e. The number of hydrogen-bond donors (Lipinski definition) is 2. The number of nitrogens with one attached hydrogen (secondary N) is 1. The highest BCUT2D eigenvalue weighted by atomic mass is 16.3. The molecule has 0 aromatic carbocycles. The zero-order valence-corrected chi connectivity index (χ0v) is 15.8. The second kappa shape index (κ2) is 8.90. The number of aliphatic imine (C=N–C) groups is 1. The van der Waals surface area contributed by atoms with Gasteiger partial charge in [0, 0.05) is 46.3 Å². The number of hydrogen-bond acceptors (Lipinski definition) is 5. The van der Waals surface area contributed by atoms with E-state index in [1.807, 2.05) is 4.90 Å². The molecule has 2 aliphatic rings. The van der Waals surface area contributed by atoms with Gasteiger partial charge in [-0.25, -0.2) is 0 Å². The van der Waals surface area contributed by atoms with E-state index in [0.29, 0.717) is 18.8 Å². The molecule has 0 aliphatic carbocycles. The van der Waals surface area contributed by atoms with Crippen molar-refractivity contribution in [1.29, 1.82) is 0 Å². The Hall–Kier alpha value is -2.55. The molecule has 2 amide bonds. The molecule has 0 spiro atoms. The van der Waals surface area contributed by atoms with Crippen molar-refractivity contribution >= 4 is 17.8 Å². The van der Waals surface area contributed by atoms with E-state index < -0.39 is 5.91 Å². The maximum absolute atomic E-state index is 12.3. The van der Waals surface area contributed by atoms with Crippen LogP contribution in [0.1, 0.15) is 29.2 Å². The zero-order valence-electron chi connectivity index (χ0n) is 15.8. The van der Waals surface area contributed by atoms with E-state index in [-0.39, 0.29) is 11.7 Å². The maximum atomic E-state index is 12.3. The number of nitrogens with two attached hydrogens (primary N) is 1. The Morgan fingerprint density at radius 2 is 1.81 bits per heavy atom. The topological polar surface area (TPSA) is 107 Å². The number of primary amides is 1. The van der Waals surface area contributed by atoms with Gasteiger partial charge in [-0.3, -0.25) is 19.5 Å². The molecule has 3 rings (SSSR count). The third-order valence-corrected chi connectivity index (χ3v) is 5.03. The minimum atomic E-state index is -0.578. The first kappa shape index (κ1) is 19.2. The number of rotatable bonds is 5. The Bertz CT molecular complexity index is 687. The Morgan fingerprint density at radius 3 is 2.41 bits per heavy atom. The van der Waals surface area contributed by atoms with E-state index in [1.54, 1.807) is 19.2 Å². The summed E-state index contributed by atoms with van der Waals surface area (Å²) in [5.41, 5.74) is 5.20. The number of nitrogens with zero attached hydrogens (tertiary/aromatic N) is 4. The van der Waals surface area contributed by atoms with Crippen LogP contribution in [0.4, 0.5) is 0 Å². The lowest BCUT2D eigenvalue weighted by atomic mass is 10.3. The summed E-state index contributed by atoms with van der Waals surface area (Å²) in [5, 5.41) is 3.24. The first-order valence-electron chi connectivity index (χ1n) is 9.41. The molecule has 9 nitrogen and oxygen atoms in total. The molecule has 0 bridgehead atoms. The number of amides is 2. The zero-order chi connectivity index (χ0) is 19.2. The van der Waals surface area contributed by atoms with Gasteiger partial charge < -0.3 is 25.3 Å². The molecule has 0 unspecified atom stereocenters. The van der Waals surface area contributed by atoms with Crippen molar-refractivity contribution in [3.8, 4) is 0 Å². The van der Waals surface area contributed by atoms with Crippen LogP contribution < -0.4 is 11.1 Å². The molecule has 2 fully saturated rings. The van der Waals surface area contributed by atoms with Gasteiger partial charge in [0.05, 0.1) is 13.1 Å². The van der Waals surface area contributed by atoms with Crippen molar-refractivity contribution in [2.24, 2.45) is 10.7 Å². The van der Waals surface area contributed by atoms with Crippen LogP contribution in [0.25, 0.3) is 0 Å². The fourth-order valence-corrected chi connectivity index (χ4v) is 3.48. The molecular weight excluding hydrogens is 348 g/mol. The standard InChI is InChI=1S/C18H28N6O3/c1-20-18(21-12-14-4-5-15(27-14)17(19)26)24-10-8-22(9-11-24)13-16(25)23-6-2-3-7-23/h4-5H,2-3,6-13H2,1H3,(H2,19,26)(H,20,21). The predicted octanol–water partition coefficient (Wildman–Crippen LogP) is -0.306. The van der Waals surface area contributed by atoms with Crippen molar-refractivity contribution in [2.45, 2.75) is 19.4 Å². The number of carbonyl (C=O) groups is 2. The number of likely N-dealkylation sites (tertiary alicyclic amines) is 1. The van der Waals surface area contributed by atoms with Crippen LogP contribution in [-0.2, 0) is 11.3 Å². The Labute approximate surface area is 159 Å². The first-order chi connectivity index (χ1) is 13.1. The molecule has 3 N–H and O–H groups in total. The summed E-state index contributed by atoms with van der Waals surface area (Å²) >= 11 is 0. The summed E-state index contributed by atoms with van der Waals surface area (Å²) < 4.78 is 5.38. The minimum Gasteiger partial charge on any atom is -0.454 e. The van der Waals surface area contributed by atoms with Gasteiger partial charge in [-0.1, -0.05) is 0 Å². The highest BCUT2D eigenvalue weighted by Crippen LogP contribution is 2.10. The van der Waals surface area contributed by atoms with Gasteiger partial charge in [0.15, 0.2) is 11.7 Å². The van der Waals surface area contributed by atoms with Crippen LogP contribution in [0.5, 0.6) is 0 Å². The highest BCUT2D eigenvalue weighted by Gasteiger charge is 2.24. The van der Waals surface area contributed by atoms with E-state index in [4.69, 9.17) is 10.2 Å². The summed E-state index contributed by atoms with van der Waals surface area (Å²) in [5.74, 6) is 1.21. The van der Waals surface area contributed by atoms with Crippen LogP contribution in [0.15, 0.2) is 21.5 Å². The second-order valence-electron chi connectivity index (χ2n) is 6.88. The fraction of sp³-hybridized carbons (Fsp3) is 0.611. The summed E-state index contributed by atoms with van der Waals surface area (Å²) in [6.45, 7) is 5.99. The third-order valence-electron chi connectivity index (χ3n) is 5.03. The number of furan rings is 1. The molecule has 1 aromatic heterocycles. The van der Waals surface area contributed by atoms with Crippen LogP contribution in [0, 0.1) is 0 Å². The van der Waals surface area contributed by atoms with E-state index in [2.05, 4.69) is 20.1 Å². The summed E-state index contributed by atoms with van der Waals surface area (Å²) in [6, 6.07) is 3.29. The maximum Gasteiger partial charge on any atom is 0.284 e. The lowest BCUT2D eigenvalue weighted by Crippen LogP contribution is -2.54. The summed E-state index contributed by atoms with van der Waals surface area (Å²) in [4.78, 5) is 34.0. The van der Waals surface area contributed by atoms with Crippen LogP contribution in [0.3, 0.4) is 0 Å². The molecule has 3 heterocycles.